The Morgan fingerprint density at radius 1 is 1.25 bits per heavy atom. The van der Waals surface area contributed by atoms with Gasteiger partial charge in [0.05, 0.1) is 5.92 Å². The van der Waals surface area contributed by atoms with Gasteiger partial charge in [0.1, 0.15) is 0 Å². The molecule has 0 bridgehead atoms. The lowest BCUT2D eigenvalue weighted by Crippen LogP contribution is -2.45. The average molecular weight is 325 g/mol. The summed E-state index contributed by atoms with van der Waals surface area (Å²) in [6.45, 7) is 6.43. The van der Waals surface area contributed by atoms with Crippen molar-refractivity contribution < 1.29 is 4.79 Å². The van der Waals surface area contributed by atoms with Crippen LogP contribution in [0.4, 0.5) is 0 Å². The molecule has 0 aliphatic carbocycles. The van der Waals surface area contributed by atoms with E-state index in [9.17, 15) is 4.79 Å². The van der Waals surface area contributed by atoms with Crippen molar-refractivity contribution in [1.82, 2.24) is 14.8 Å². The minimum atomic E-state index is -0.0193. The van der Waals surface area contributed by atoms with E-state index in [1.165, 1.54) is 16.5 Å². The van der Waals surface area contributed by atoms with E-state index in [1.807, 2.05) is 18.7 Å². The van der Waals surface area contributed by atoms with Gasteiger partial charge in [-0.05, 0) is 38.9 Å². The summed E-state index contributed by atoms with van der Waals surface area (Å²) in [7, 11) is 2.12. The predicted molar refractivity (Wildman–Crippen MR) is 99.0 cm³/mol. The van der Waals surface area contributed by atoms with Gasteiger partial charge in [-0.25, -0.2) is 0 Å². The fraction of sp³-hybridized carbons (Fsp3) is 0.450. The highest BCUT2D eigenvalue weighted by Crippen LogP contribution is 2.23. The van der Waals surface area contributed by atoms with Crippen molar-refractivity contribution in [2.45, 2.75) is 26.3 Å². The number of benzene rings is 1. The normalized spacial score (nSPS) is 21.3. The van der Waals surface area contributed by atoms with E-state index in [0.29, 0.717) is 6.04 Å². The van der Waals surface area contributed by atoms with Crippen LogP contribution in [0, 0.1) is 5.92 Å². The van der Waals surface area contributed by atoms with Crippen LogP contribution in [0.25, 0.3) is 10.9 Å². The summed E-state index contributed by atoms with van der Waals surface area (Å²) in [4.78, 5) is 20.1. The molecule has 0 unspecified atom stereocenters. The molecule has 4 nitrogen and oxygen atoms in total. The second-order valence-corrected chi connectivity index (χ2v) is 6.57. The third-order valence-corrected chi connectivity index (χ3v) is 5.11. The van der Waals surface area contributed by atoms with Crippen LogP contribution in [-0.4, -0.2) is 53.4 Å². The van der Waals surface area contributed by atoms with Crippen LogP contribution < -0.4 is 0 Å². The second-order valence-electron chi connectivity index (χ2n) is 6.57. The van der Waals surface area contributed by atoms with Crippen LogP contribution in [0.1, 0.15) is 19.4 Å². The number of fused-ring (bicyclic) bond motifs is 1. The molecular weight excluding hydrogens is 298 g/mol. The summed E-state index contributed by atoms with van der Waals surface area (Å²) in [5, 5.41) is 1.29. The number of nitrogens with zero attached hydrogens (tertiary/aromatic N) is 2. The Kier molecular flexibility index (Phi) is 5.05. The van der Waals surface area contributed by atoms with Crippen LogP contribution in [-0.2, 0) is 11.2 Å². The smallest absolute Gasteiger partial charge is 0.230 e. The van der Waals surface area contributed by atoms with Gasteiger partial charge in [-0.1, -0.05) is 30.4 Å². The molecule has 2 atom stereocenters. The number of amides is 1. The molecule has 0 radical (unpaired) electrons. The molecule has 1 aromatic heterocycles. The van der Waals surface area contributed by atoms with E-state index in [0.717, 1.165) is 26.1 Å². The lowest BCUT2D eigenvalue weighted by atomic mass is 9.95. The van der Waals surface area contributed by atoms with Crippen LogP contribution in [0.2, 0.25) is 0 Å². The van der Waals surface area contributed by atoms with E-state index in [-0.39, 0.29) is 11.8 Å². The van der Waals surface area contributed by atoms with Crippen molar-refractivity contribution in [2.75, 3.05) is 26.7 Å². The minimum Gasteiger partial charge on any atom is -0.361 e. The first-order valence-corrected chi connectivity index (χ1v) is 8.86. The molecule has 3 rings (SSSR count). The molecule has 0 saturated heterocycles. The number of H-pyrrole nitrogens is 1. The van der Waals surface area contributed by atoms with Gasteiger partial charge in [-0.3, -0.25) is 9.69 Å². The fourth-order valence-corrected chi connectivity index (χ4v) is 3.60. The molecule has 0 spiro atoms. The third-order valence-electron chi connectivity index (χ3n) is 5.11. The van der Waals surface area contributed by atoms with Gasteiger partial charge < -0.3 is 9.88 Å². The molecule has 1 aromatic carbocycles. The van der Waals surface area contributed by atoms with Gasteiger partial charge in [-0.15, -0.1) is 0 Å². The Morgan fingerprint density at radius 3 is 2.71 bits per heavy atom. The SMILES string of the molecule is CCN(CC)C(=O)[C@@H]1C=C[C@@H](Cc2c[nH]c3ccccc23)N(C)C1. The van der Waals surface area contributed by atoms with E-state index in [2.05, 4.69) is 59.5 Å². The topological polar surface area (TPSA) is 39.3 Å². The highest BCUT2D eigenvalue weighted by Gasteiger charge is 2.28. The summed E-state index contributed by atoms with van der Waals surface area (Å²) >= 11 is 0. The number of hydrogen-bond acceptors (Lipinski definition) is 2. The Morgan fingerprint density at radius 2 is 2.00 bits per heavy atom. The van der Waals surface area contributed by atoms with Crippen molar-refractivity contribution in [3.63, 3.8) is 0 Å². The molecule has 1 aliphatic heterocycles. The van der Waals surface area contributed by atoms with Crippen LogP contribution in [0.3, 0.4) is 0 Å². The zero-order valence-electron chi connectivity index (χ0n) is 14.8. The van der Waals surface area contributed by atoms with Crippen molar-refractivity contribution >= 4 is 16.8 Å². The van der Waals surface area contributed by atoms with E-state index in [1.54, 1.807) is 0 Å². The highest BCUT2D eigenvalue weighted by molar-refractivity contribution is 5.83. The van der Waals surface area contributed by atoms with Crippen molar-refractivity contribution in [3.05, 3.63) is 48.2 Å². The Balaban J connectivity index is 1.72. The second kappa shape index (κ2) is 7.22. The number of aromatic nitrogens is 1. The van der Waals surface area contributed by atoms with Gasteiger partial charge in [0.15, 0.2) is 0 Å². The molecular formula is C20H27N3O. The number of rotatable bonds is 5. The van der Waals surface area contributed by atoms with Gasteiger partial charge in [0, 0.05) is 42.8 Å². The summed E-state index contributed by atoms with van der Waals surface area (Å²) in [6.07, 6.45) is 7.39. The quantitative estimate of drug-likeness (QED) is 0.858. The Labute approximate surface area is 144 Å². The molecule has 24 heavy (non-hydrogen) atoms. The van der Waals surface area contributed by atoms with E-state index < -0.39 is 0 Å². The fourth-order valence-electron chi connectivity index (χ4n) is 3.60. The van der Waals surface area contributed by atoms with Gasteiger partial charge in [-0.2, -0.15) is 0 Å². The first kappa shape index (κ1) is 16.8. The molecule has 2 aromatic rings. The Bertz CT molecular complexity index is 729. The maximum atomic E-state index is 12.5. The monoisotopic (exact) mass is 325 g/mol. The summed E-state index contributed by atoms with van der Waals surface area (Å²) < 4.78 is 0. The summed E-state index contributed by atoms with van der Waals surface area (Å²) in [5.74, 6) is 0.225. The first-order chi connectivity index (χ1) is 11.6. The lowest BCUT2D eigenvalue weighted by Gasteiger charge is -2.34. The van der Waals surface area contributed by atoms with Gasteiger partial charge in [0.2, 0.25) is 5.91 Å². The number of likely N-dealkylation sites (N-methyl/N-ethyl adjacent to an activating group) is 1. The van der Waals surface area contributed by atoms with Crippen molar-refractivity contribution in [2.24, 2.45) is 5.92 Å². The van der Waals surface area contributed by atoms with E-state index >= 15 is 0 Å². The predicted octanol–water partition coefficient (Wildman–Crippen LogP) is 3.07. The molecule has 4 heteroatoms. The zero-order valence-corrected chi connectivity index (χ0v) is 14.8. The number of carbonyl (C=O) groups is 1. The Hall–Kier alpha value is -2.07. The maximum absolute atomic E-state index is 12.5. The van der Waals surface area contributed by atoms with E-state index in [4.69, 9.17) is 0 Å². The summed E-state index contributed by atoms with van der Waals surface area (Å²) in [6, 6.07) is 8.75. The first-order valence-electron chi connectivity index (χ1n) is 8.86. The molecule has 2 heterocycles. The average Bonchev–Trinajstić information content (AvgIpc) is 3.01. The highest BCUT2D eigenvalue weighted by atomic mass is 16.2. The van der Waals surface area contributed by atoms with Gasteiger partial charge in [0.25, 0.3) is 0 Å². The van der Waals surface area contributed by atoms with Crippen LogP contribution >= 0.6 is 0 Å². The molecule has 1 amide bonds. The van der Waals surface area contributed by atoms with Crippen molar-refractivity contribution in [3.8, 4) is 0 Å². The molecule has 1 N–H and O–H groups in total. The molecule has 0 fully saturated rings. The standard InChI is InChI=1S/C20H27N3O/c1-4-23(5-2)20(24)15-10-11-17(22(3)14-15)12-16-13-21-19-9-7-6-8-18(16)19/h6-11,13,15,17,21H,4-5,12,14H2,1-3H3/t15-,17+/m1/s1. The number of para-hydroxylation sites is 1. The number of aromatic amines is 1. The maximum Gasteiger partial charge on any atom is 0.230 e. The third kappa shape index (κ3) is 3.24. The minimum absolute atomic E-state index is 0.0193. The van der Waals surface area contributed by atoms with Crippen LogP contribution in [0.15, 0.2) is 42.6 Å². The zero-order chi connectivity index (χ0) is 17.1. The molecule has 128 valence electrons. The molecule has 0 saturated carbocycles. The van der Waals surface area contributed by atoms with Gasteiger partial charge >= 0.3 is 0 Å². The molecule has 1 aliphatic rings. The van der Waals surface area contributed by atoms with Crippen molar-refractivity contribution in [1.29, 1.82) is 0 Å². The van der Waals surface area contributed by atoms with Crippen LogP contribution in [0.5, 0.6) is 0 Å². The summed E-state index contributed by atoms with van der Waals surface area (Å²) in [5.41, 5.74) is 2.52. The largest absolute Gasteiger partial charge is 0.361 e. The number of hydrogen-bond donors (Lipinski definition) is 1. The number of carbonyl (C=O) groups excluding carboxylic acids is 1. The number of nitrogens with one attached hydrogen (secondary N) is 1. The lowest BCUT2D eigenvalue weighted by molar-refractivity contribution is -0.134.